The summed E-state index contributed by atoms with van der Waals surface area (Å²) in [5, 5.41) is 18.9. The molecular weight excluding hydrogens is 336 g/mol. The van der Waals surface area contributed by atoms with E-state index in [4.69, 9.17) is 0 Å². The first-order chi connectivity index (χ1) is 13.2. The van der Waals surface area contributed by atoms with E-state index in [1.165, 1.54) is 51.7 Å². The van der Waals surface area contributed by atoms with Crippen molar-refractivity contribution in [3.8, 4) is 12.1 Å². The molecule has 148 valence electrons. The second kappa shape index (κ2) is 9.97. The number of nitriles is 2. The Kier molecular flexibility index (Phi) is 7.38. The zero-order chi connectivity index (χ0) is 19.1. The number of rotatable bonds is 7. The van der Waals surface area contributed by atoms with E-state index in [-0.39, 0.29) is 5.57 Å². The van der Waals surface area contributed by atoms with Gasteiger partial charge in [0.2, 0.25) is 0 Å². The quantitative estimate of drug-likeness (QED) is 0.641. The number of piperidine rings is 1. The second-order valence-corrected chi connectivity index (χ2v) is 8.18. The molecule has 3 aliphatic heterocycles. The molecule has 3 rings (SSSR count). The zero-order valence-electron chi connectivity index (χ0n) is 16.9. The Morgan fingerprint density at radius 3 is 2.19 bits per heavy atom. The van der Waals surface area contributed by atoms with Gasteiger partial charge < -0.3 is 14.7 Å². The van der Waals surface area contributed by atoms with E-state index >= 15 is 0 Å². The summed E-state index contributed by atoms with van der Waals surface area (Å²) in [6.07, 6.45) is 7.69. The fourth-order valence-corrected chi connectivity index (χ4v) is 4.77. The Morgan fingerprint density at radius 1 is 0.852 bits per heavy atom. The summed E-state index contributed by atoms with van der Waals surface area (Å²) in [5.74, 6) is 0.880. The molecule has 0 aromatic heterocycles. The summed E-state index contributed by atoms with van der Waals surface area (Å²) in [4.78, 5) is 9.65. The topological polar surface area (TPSA) is 60.5 Å². The summed E-state index contributed by atoms with van der Waals surface area (Å²) in [6, 6.07) is 4.94. The van der Waals surface area contributed by atoms with Crippen molar-refractivity contribution in [1.82, 2.24) is 19.6 Å². The standard InChI is InChI=1S/C21H34N6/c1-19-7-5-11-25(19)13-14-27-16-15-26(21(27)20(17-22)18-23)12-6-10-24-8-3-2-4-9-24/h19H,2-16H2,1H3/t19-/m0/s1. The van der Waals surface area contributed by atoms with Gasteiger partial charge in [0.1, 0.15) is 18.0 Å². The molecule has 3 aliphatic rings. The molecule has 27 heavy (non-hydrogen) atoms. The molecule has 0 aromatic rings. The fourth-order valence-electron chi connectivity index (χ4n) is 4.77. The number of likely N-dealkylation sites (tertiary alicyclic amines) is 2. The van der Waals surface area contributed by atoms with Gasteiger partial charge in [-0.15, -0.1) is 0 Å². The van der Waals surface area contributed by atoms with E-state index in [0.717, 1.165) is 51.5 Å². The molecule has 0 radical (unpaired) electrons. The molecule has 0 saturated carbocycles. The lowest BCUT2D eigenvalue weighted by Gasteiger charge is -2.29. The molecule has 0 spiro atoms. The maximum atomic E-state index is 9.47. The van der Waals surface area contributed by atoms with Crippen molar-refractivity contribution in [1.29, 1.82) is 10.5 Å². The van der Waals surface area contributed by atoms with Crippen LogP contribution in [0.5, 0.6) is 0 Å². The molecule has 0 bridgehead atoms. The minimum absolute atomic E-state index is 0.278. The fraction of sp³-hybridized carbons (Fsp3) is 0.810. The Balaban J connectivity index is 1.56. The first-order valence-electron chi connectivity index (χ1n) is 10.7. The van der Waals surface area contributed by atoms with E-state index in [2.05, 4.69) is 38.7 Å². The summed E-state index contributed by atoms with van der Waals surface area (Å²) >= 11 is 0. The predicted molar refractivity (Wildman–Crippen MR) is 107 cm³/mol. The lowest BCUT2D eigenvalue weighted by Crippen LogP contribution is -2.36. The van der Waals surface area contributed by atoms with E-state index in [0.29, 0.717) is 6.04 Å². The van der Waals surface area contributed by atoms with Crippen molar-refractivity contribution in [3.05, 3.63) is 11.4 Å². The predicted octanol–water partition coefficient (Wildman–Crippen LogP) is 2.22. The van der Waals surface area contributed by atoms with Crippen LogP contribution >= 0.6 is 0 Å². The number of hydrogen-bond acceptors (Lipinski definition) is 6. The molecule has 0 amide bonds. The Morgan fingerprint density at radius 2 is 1.56 bits per heavy atom. The molecule has 3 saturated heterocycles. The van der Waals surface area contributed by atoms with E-state index in [1.54, 1.807) is 0 Å². The third kappa shape index (κ3) is 5.15. The van der Waals surface area contributed by atoms with Gasteiger partial charge in [-0.05, 0) is 65.2 Å². The van der Waals surface area contributed by atoms with Gasteiger partial charge in [-0.3, -0.25) is 4.90 Å². The lowest BCUT2D eigenvalue weighted by atomic mass is 10.1. The molecule has 0 N–H and O–H groups in total. The summed E-state index contributed by atoms with van der Waals surface area (Å²) in [5.41, 5.74) is 0.278. The normalized spacial score (nSPS) is 24.3. The van der Waals surface area contributed by atoms with Gasteiger partial charge in [-0.25, -0.2) is 0 Å². The maximum Gasteiger partial charge on any atom is 0.169 e. The van der Waals surface area contributed by atoms with Crippen molar-refractivity contribution in [3.63, 3.8) is 0 Å². The molecule has 0 unspecified atom stereocenters. The van der Waals surface area contributed by atoms with Crippen LogP contribution in [0.1, 0.15) is 45.4 Å². The van der Waals surface area contributed by atoms with Crippen molar-refractivity contribution in [2.45, 2.75) is 51.5 Å². The average molecular weight is 371 g/mol. The Labute approximate surface area is 164 Å². The van der Waals surface area contributed by atoms with Crippen LogP contribution < -0.4 is 0 Å². The van der Waals surface area contributed by atoms with Crippen molar-refractivity contribution < 1.29 is 0 Å². The molecule has 6 heteroatoms. The van der Waals surface area contributed by atoms with Gasteiger partial charge in [0.25, 0.3) is 0 Å². The van der Waals surface area contributed by atoms with Crippen LogP contribution in [0, 0.1) is 22.7 Å². The van der Waals surface area contributed by atoms with Crippen LogP contribution in [0.15, 0.2) is 11.4 Å². The highest BCUT2D eigenvalue weighted by atomic mass is 15.4. The van der Waals surface area contributed by atoms with E-state index < -0.39 is 0 Å². The monoisotopic (exact) mass is 370 g/mol. The van der Waals surface area contributed by atoms with Gasteiger partial charge in [0, 0.05) is 38.8 Å². The molecule has 1 atom stereocenters. The minimum Gasteiger partial charge on any atom is -0.355 e. The summed E-state index contributed by atoms with van der Waals surface area (Å²) < 4.78 is 0. The van der Waals surface area contributed by atoms with Crippen LogP contribution in [-0.2, 0) is 0 Å². The van der Waals surface area contributed by atoms with Crippen molar-refractivity contribution >= 4 is 0 Å². The van der Waals surface area contributed by atoms with Crippen molar-refractivity contribution in [2.75, 3.05) is 58.9 Å². The van der Waals surface area contributed by atoms with Crippen molar-refractivity contribution in [2.24, 2.45) is 0 Å². The molecule has 6 nitrogen and oxygen atoms in total. The first kappa shape index (κ1) is 20.0. The third-order valence-electron chi connectivity index (χ3n) is 6.38. The first-order valence-corrected chi connectivity index (χ1v) is 10.7. The zero-order valence-corrected chi connectivity index (χ0v) is 16.9. The van der Waals surface area contributed by atoms with Crippen LogP contribution in [0.2, 0.25) is 0 Å². The number of nitrogens with zero attached hydrogens (tertiary/aromatic N) is 6. The smallest absolute Gasteiger partial charge is 0.169 e. The second-order valence-electron chi connectivity index (χ2n) is 8.18. The van der Waals surface area contributed by atoms with Crippen LogP contribution in [0.25, 0.3) is 0 Å². The largest absolute Gasteiger partial charge is 0.355 e. The summed E-state index contributed by atoms with van der Waals surface area (Å²) in [6.45, 7) is 11.8. The van der Waals surface area contributed by atoms with Crippen LogP contribution in [-0.4, -0.2) is 84.5 Å². The third-order valence-corrected chi connectivity index (χ3v) is 6.38. The highest BCUT2D eigenvalue weighted by Gasteiger charge is 2.29. The Hall–Kier alpha value is -1.76. The molecular formula is C21H34N6. The van der Waals surface area contributed by atoms with E-state index in [1.807, 2.05) is 0 Å². The maximum absolute atomic E-state index is 9.47. The van der Waals surface area contributed by atoms with Crippen LogP contribution in [0.4, 0.5) is 0 Å². The van der Waals surface area contributed by atoms with Gasteiger partial charge in [0.15, 0.2) is 5.57 Å². The highest BCUT2D eigenvalue weighted by Crippen LogP contribution is 2.23. The highest BCUT2D eigenvalue weighted by molar-refractivity contribution is 5.40. The van der Waals surface area contributed by atoms with Gasteiger partial charge >= 0.3 is 0 Å². The number of allylic oxidation sites excluding steroid dienone is 1. The SMILES string of the molecule is C[C@H]1CCCN1CCN1CCN(CCCN2CCCCC2)C1=C(C#N)C#N. The van der Waals surface area contributed by atoms with Gasteiger partial charge in [-0.2, -0.15) is 10.5 Å². The van der Waals surface area contributed by atoms with Crippen LogP contribution in [0.3, 0.4) is 0 Å². The summed E-state index contributed by atoms with van der Waals surface area (Å²) in [7, 11) is 0. The van der Waals surface area contributed by atoms with Gasteiger partial charge in [0.05, 0.1) is 0 Å². The number of hydrogen-bond donors (Lipinski definition) is 0. The molecule has 0 aromatic carbocycles. The molecule has 0 aliphatic carbocycles. The lowest BCUT2D eigenvalue weighted by molar-refractivity contribution is 0.211. The minimum atomic E-state index is 0.278. The Bertz CT molecular complexity index is 579. The van der Waals surface area contributed by atoms with Gasteiger partial charge in [-0.1, -0.05) is 6.42 Å². The molecule has 3 fully saturated rings. The average Bonchev–Trinajstić information content (AvgIpc) is 3.28. The molecule has 3 heterocycles. The van der Waals surface area contributed by atoms with E-state index in [9.17, 15) is 10.5 Å².